The number of hydrogen-bond donors (Lipinski definition) is 1. The minimum Gasteiger partial charge on any atom is -0.388 e. The van der Waals surface area contributed by atoms with Gasteiger partial charge in [-0.25, -0.2) is 0 Å². The van der Waals surface area contributed by atoms with Gasteiger partial charge in [-0.15, -0.1) is 0 Å². The average Bonchev–Trinajstić information content (AvgIpc) is 3.38. The number of fused-ring (bicyclic) bond motifs is 5. The molecule has 0 spiro atoms. The molecule has 0 radical (unpaired) electrons. The fourth-order valence-electron chi connectivity index (χ4n) is 9.97. The standard InChI is InChI=1S/C29H45N3O2/c1-26(19-34-5)12-13-27(2)21(14-26)6-7-22-23-8-9-25(28(23,3)11-10-24(22)27)29(4,33)18-32-17-20(15-30)16-31-32/h16-17,21-25,33H,6-14,18-19H2,1-5H3/t21-,22+,23+,24+,25+,26+,27+,28+,29+/m1/s1. The van der Waals surface area contributed by atoms with Crippen molar-refractivity contribution in [1.29, 1.82) is 5.26 Å². The molecule has 5 heteroatoms. The van der Waals surface area contributed by atoms with E-state index in [-0.39, 0.29) is 11.3 Å². The van der Waals surface area contributed by atoms with Crippen LogP contribution in [0, 0.1) is 57.2 Å². The number of nitriles is 1. The van der Waals surface area contributed by atoms with Gasteiger partial charge in [-0.3, -0.25) is 4.68 Å². The van der Waals surface area contributed by atoms with E-state index in [0.29, 0.717) is 22.9 Å². The average molecular weight is 468 g/mol. The third-order valence-corrected chi connectivity index (χ3v) is 11.6. The second kappa shape index (κ2) is 8.34. The Morgan fingerprint density at radius 1 is 1.12 bits per heavy atom. The zero-order valence-corrected chi connectivity index (χ0v) is 22.0. The maximum absolute atomic E-state index is 11.7. The molecule has 5 nitrogen and oxygen atoms in total. The number of methoxy groups -OCH3 is 1. The Labute approximate surface area is 206 Å². The number of ether oxygens (including phenoxy) is 1. The Kier molecular flexibility index (Phi) is 5.97. The van der Waals surface area contributed by atoms with Gasteiger partial charge < -0.3 is 9.84 Å². The summed E-state index contributed by atoms with van der Waals surface area (Å²) in [5.74, 6) is 3.48. The zero-order valence-electron chi connectivity index (χ0n) is 22.0. The first-order valence-electron chi connectivity index (χ1n) is 13.7. The zero-order chi connectivity index (χ0) is 24.4. The van der Waals surface area contributed by atoms with Crippen molar-refractivity contribution in [2.24, 2.45) is 45.8 Å². The lowest BCUT2D eigenvalue weighted by molar-refractivity contribution is -0.151. The Morgan fingerprint density at radius 2 is 1.88 bits per heavy atom. The van der Waals surface area contributed by atoms with Gasteiger partial charge in [0, 0.05) is 13.3 Å². The van der Waals surface area contributed by atoms with Gasteiger partial charge in [0.05, 0.1) is 30.5 Å². The van der Waals surface area contributed by atoms with Crippen LogP contribution < -0.4 is 0 Å². The molecule has 188 valence electrons. The normalized spacial score (nSPS) is 45.5. The Morgan fingerprint density at radius 3 is 2.59 bits per heavy atom. The fourth-order valence-corrected chi connectivity index (χ4v) is 9.97. The summed E-state index contributed by atoms with van der Waals surface area (Å²) in [4.78, 5) is 0. The van der Waals surface area contributed by atoms with Crippen LogP contribution in [0.15, 0.2) is 12.4 Å². The number of aliphatic hydroxyl groups is 1. The van der Waals surface area contributed by atoms with Crippen molar-refractivity contribution in [3.63, 3.8) is 0 Å². The van der Waals surface area contributed by atoms with Gasteiger partial charge in [-0.2, -0.15) is 10.4 Å². The first-order valence-corrected chi connectivity index (χ1v) is 13.7. The summed E-state index contributed by atoms with van der Waals surface area (Å²) < 4.78 is 7.39. The Balaban J connectivity index is 1.34. The Bertz CT molecular complexity index is 949. The van der Waals surface area contributed by atoms with Crippen molar-refractivity contribution in [1.82, 2.24) is 9.78 Å². The molecule has 1 aromatic rings. The van der Waals surface area contributed by atoms with E-state index in [1.807, 2.05) is 14.0 Å². The molecule has 0 bridgehead atoms. The topological polar surface area (TPSA) is 71.1 Å². The van der Waals surface area contributed by atoms with Gasteiger partial charge in [0.15, 0.2) is 0 Å². The third kappa shape index (κ3) is 3.75. The van der Waals surface area contributed by atoms with E-state index in [4.69, 9.17) is 10.00 Å². The van der Waals surface area contributed by atoms with E-state index < -0.39 is 5.60 Å². The summed E-state index contributed by atoms with van der Waals surface area (Å²) in [6.45, 7) is 11.0. The number of nitrogens with zero attached hydrogens (tertiary/aromatic N) is 3. The van der Waals surface area contributed by atoms with Crippen LogP contribution in [0.25, 0.3) is 0 Å². The molecule has 5 rings (SSSR count). The van der Waals surface area contributed by atoms with Crippen molar-refractivity contribution in [3.05, 3.63) is 18.0 Å². The van der Waals surface area contributed by atoms with Crippen LogP contribution in [0.5, 0.6) is 0 Å². The molecule has 1 N–H and O–H groups in total. The van der Waals surface area contributed by atoms with E-state index in [1.165, 1.54) is 51.4 Å². The van der Waals surface area contributed by atoms with E-state index >= 15 is 0 Å². The van der Waals surface area contributed by atoms with Crippen LogP contribution >= 0.6 is 0 Å². The van der Waals surface area contributed by atoms with Gasteiger partial charge >= 0.3 is 0 Å². The monoisotopic (exact) mass is 467 g/mol. The molecule has 4 saturated carbocycles. The molecule has 0 saturated heterocycles. The number of rotatable bonds is 5. The molecular weight excluding hydrogens is 422 g/mol. The second-order valence-electron chi connectivity index (χ2n) is 13.7. The lowest BCUT2D eigenvalue weighted by atomic mass is 9.43. The predicted molar refractivity (Wildman–Crippen MR) is 133 cm³/mol. The van der Waals surface area contributed by atoms with E-state index in [9.17, 15) is 5.11 Å². The third-order valence-electron chi connectivity index (χ3n) is 11.6. The summed E-state index contributed by atoms with van der Waals surface area (Å²) in [7, 11) is 1.86. The van der Waals surface area contributed by atoms with Gasteiger partial charge in [0.1, 0.15) is 6.07 Å². The lowest BCUT2D eigenvalue weighted by Crippen LogP contribution is -2.56. The van der Waals surface area contributed by atoms with Crippen molar-refractivity contribution in [2.75, 3.05) is 13.7 Å². The minimum atomic E-state index is -0.816. The smallest absolute Gasteiger partial charge is 0.102 e. The quantitative estimate of drug-likeness (QED) is 0.592. The molecule has 0 amide bonds. The summed E-state index contributed by atoms with van der Waals surface area (Å²) in [6, 6.07) is 2.15. The van der Waals surface area contributed by atoms with Gasteiger partial charge in [0.2, 0.25) is 0 Å². The summed E-state index contributed by atoms with van der Waals surface area (Å²) in [5, 5.41) is 25.2. The minimum absolute atomic E-state index is 0.193. The molecule has 9 atom stereocenters. The molecular formula is C29H45N3O2. The van der Waals surface area contributed by atoms with Gasteiger partial charge in [0.25, 0.3) is 0 Å². The maximum atomic E-state index is 11.7. The van der Waals surface area contributed by atoms with Crippen molar-refractivity contribution in [2.45, 2.75) is 97.6 Å². The van der Waals surface area contributed by atoms with E-state index in [1.54, 1.807) is 17.1 Å². The molecule has 1 heterocycles. The first-order chi connectivity index (χ1) is 16.0. The van der Waals surface area contributed by atoms with Crippen LogP contribution in [0.2, 0.25) is 0 Å². The highest BCUT2D eigenvalue weighted by Crippen LogP contribution is 2.69. The number of aromatic nitrogens is 2. The summed E-state index contributed by atoms with van der Waals surface area (Å²) in [6.07, 6.45) is 15.0. The highest BCUT2D eigenvalue weighted by Gasteiger charge is 2.63. The van der Waals surface area contributed by atoms with Crippen molar-refractivity contribution >= 4 is 0 Å². The van der Waals surface area contributed by atoms with E-state index in [2.05, 4.69) is 31.9 Å². The fraction of sp³-hybridized carbons (Fsp3) is 0.862. The molecule has 0 unspecified atom stereocenters. The highest BCUT2D eigenvalue weighted by atomic mass is 16.5. The van der Waals surface area contributed by atoms with Crippen molar-refractivity contribution < 1.29 is 9.84 Å². The molecule has 4 aliphatic rings. The van der Waals surface area contributed by atoms with Crippen molar-refractivity contribution in [3.8, 4) is 6.07 Å². The largest absolute Gasteiger partial charge is 0.388 e. The van der Waals surface area contributed by atoms with Crippen LogP contribution in [0.1, 0.15) is 91.0 Å². The number of hydrogen-bond acceptors (Lipinski definition) is 4. The Hall–Kier alpha value is -1.38. The van der Waals surface area contributed by atoms with Crippen LogP contribution in [-0.4, -0.2) is 34.2 Å². The van der Waals surface area contributed by atoms with Crippen LogP contribution in [0.3, 0.4) is 0 Å². The summed E-state index contributed by atoms with van der Waals surface area (Å²) >= 11 is 0. The first kappa shape index (κ1) is 24.3. The molecule has 4 aliphatic carbocycles. The molecule has 1 aromatic heterocycles. The predicted octanol–water partition coefficient (Wildman–Crippen LogP) is 5.82. The molecule has 34 heavy (non-hydrogen) atoms. The van der Waals surface area contributed by atoms with Crippen LogP contribution in [-0.2, 0) is 11.3 Å². The second-order valence-corrected chi connectivity index (χ2v) is 13.7. The maximum Gasteiger partial charge on any atom is 0.102 e. The highest BCUT2D eigenvalue weighted by molar-refractivity contribution is 5.22. The van der Waals surface area contributed by atoms with E-state index in [0.717, 1.165) is 36.7 Å². The van der Waals surface area contributed by atoms with Gasteiger partial charge in [-0.1, -0.05) is 20.8 Å². The SMILES string of the molecule is COC[C@@]1(C)CC[C@@]2(C)[C@H](CC[C@@H]3[C@@H]2CC[C@@]2(C)[C@H]3CC[C@@H]2[C@@](C)(O)Cn2cc(C#N)cn2)C1. The lowest BCUT2D eigenvalue weighted by Gasteiger charge is -2.62. The molecule has 0 aromatic carbocycles. The van der Waals surface area contributed by atoms with Gasteiger partial charge in [-0.05, 0) is 111 Å². The van der Waals surface area contributed by atoms with Crippen LogP contribution in [0.4, 0.5) is 0 Å². The molecule has 4 fully saturated rings. The summed E-state index contributed by atoms with van der Waals surface area (Å²) in [5.41, 5.74) is 0.762. The molecule has 0 aliphatic heterocycles.